The second kappa shape index (κ2) is 5.10. The first-order valence-electron chi connectivity index (χ1n) is 2.28. The molecular weight excluding hydrogens is 171 g/mol. The maximum absolute atomic E-state index is 9.77. The monoisotopic (exact) mass is 180 g/mol. The highest BCUT2D eigenvalue weighted by Crippen LogP contribution is 1.92. The predicted molar refractivity (Wildman–Crippen MR) is 37.2 cm³/mol. The highest BCUT2D eigenvalue weighted by Gasteiger charge is 2.29. The van der Waals surface area contributed by atoms with Gasteiger partial charge in [0, 0.05) is 0 Å². The van der Waals surface area contributed by atoms with Gasteiger partial charge < -0.3 is 20.4 Å². The van der Waals surface area contributed by atoms with Crippen LogP contribution in [0.4, 0.5) is 0 Å². The molecule has 0 aliphatic rings. The van der Waals surface area contributed by atoms with Crippen molar-refractivity contribution in [3.05, 3.63) is 0 Å². The molecule has 0 heterocycles. The number of aliphatic carboxylic acids is 2. The van der Waals surface area contributed by atoms with Crippen molar-refractivity contribution in [2.24, 2.45) is 0 Å². The van der Waals surface area contributed by atoms with Gasteiger partial charge in [-0.2, -0.15) is 0 Å². The SMILES string of the molecule is O=C(O)C(O)C(O)C(=O)O.[AlH3]. The first-order valence-corrected chi connectivity index (χ1v) is 2.28. The van der Waals surface area contributed by atoms with E-state index in [9.17, 15) is 9.59 Å². The summed E-state index contributed by atoms with van der Waals surface area (Å²) in [6, 6.07) is 0. The number of carboxylic acid groups (broad SMARTS) is 2. The molecule has 0 rings (SSSR count). The molecule has 0 spiro atoms. The Morgan fingerprint density at radius 1 is 0.909 bits per heavy atom. The molecule has 7 heteroatoms. The zero-order chi connectivity index (χ0) is 8.31. The Morgan fingerprint density at radius 3 is 1.18 bits per heavy atom. The Balaban J connectivity index is 0. The van der Waals surface area contributed by atoms with Crippen molar-refractivity contribution in [2.75, 3.05) is 0 Å². The summed E-state index contributed by atoms with van der Waals surface area (Å²) in [7, 11) is 0. The van der Waals surface area contributed by atoms with Gasteiger partial charge in [0.05, 0.1) is 0 Å². The van der Waals surface area contributed by atoms with Crippen LogP contribution < -0.4 is 0 Å². The predicted octanol–water partition coefficient (Wildman–Crippen LogP) is -3.31. The number of carboxylic acids is 2. The van der Waals surface area contributed by atoms with E-state index >= 15 is 0 Å². The van der Waals surface area contributed by atoms with Crippen molar-refractivity contribution < 1.29 is 30.0 Å². The third-order valence-corrected chi connectivity index (χ3v) is 0.805. The summed E-state index contributed by atoms with van der Waals surface area (Å²) in [5, 5.41) is 32.5. The van der Waals surface area contributed by atoms with E-state index in [0.29, 0.717) is 0 Å². The van der Waals surface area contributed by atoms with Gasteiger partial charge >= 0.3 is 11.9 Å². The van der Waals surface area contributed by atoms with Gasteiger partial charge in [-0.1, -0.05) is 0 Å². The summed E-state index contributed by atoms with van der Waals surface area (Å²) >= 11 is 0. The van der Waals surface area contributed by atoms with Gasteiger partial charge in [0.2, 0.25) is 0 Å². The highest BCUT2D eigenvalue weighted by molar-refractivity contribution is 5.83. The lowest BCUT2D eigenvalue weighted by atomic mass is 10.2. The molecule has 0 aromatic carbocycles. The van der Waals surface area contributed by atoms with E-state index in [4.69, 9.17) is 20.4 Å². The van der Waals surface area contributed by atoms with Gasteiger partial charge in [-0.25, -0.2) is 9.59 Å². The van der Waals surface area contributed by atoms with Gasteiger partial charge in [-0.15, -0.1) is 0 Å². The largest absolute Gasteiger partial charge is 0.479 e. The molecule has 0 fully saturated rings. The fourth-order valence-corrected chi connectivity index (χ4v) is 0.270. The van der Waals surface area contributed by atoms with E-state index in [1.54, 1.807) is 0 Å². The minimum atomic E-state index is -2.27. The van der Waals surface area contributed by atoms with E-state index in [0.717, 1.165) is 0 Å². The van der Waals surface area contributed by atoms with Gasteiger partial charge in [0.25, 0.3) is 0 Å². The number of aliphatic hydroxyl groups excluding tert-OH is 2. The zero-order valence-corrected chi connectivity index (χ0v) is 4.76. The van der Waals surface area contributed by atoms with Crippen LogP contribution in [0.2, 0.25) is 0 Å². The lowest BCUT2D eigenvalue weighted by molar-refractivity contribution is -0.165. The minimum absolute atomic E-state index is 0. The number of rotatable bonds is 3. The molecule has 0 saturated carbocycles. The quantitative estimate of drug-likeness (QED) is 0.338. The Kier molecular flexibility index (Phi) is 6.03. The molecule has 0 aliphatic carbocycles. The smallest absolute Gasteiger partial charge is 0.335 e. The van der Waals surface area contributed by atoms with E-state index < -0.39 is 24.1 Å². The molecule has 4 N–H and O–H groups in total. The normalized spacial score (nSPS) is 14.4. The molecule has 0 aliphatic heterocycles. The number of hydrogen-bond donors (Lipinski definition) is 4. The van der Waals surface area contributed by atoms with E-state index in [1.807, 2.05) is 0 Å². The molecule has 11 heavy (non-hydrogen) atoms. The number of aliphatic hydroxyl groups is 2. The molecule has 0 radical (unpaired) electrons. The standard InChI is InChI=1S/C4H6O6.Al.3H/c5-1(3(7)8)2(6)4(9)10;;;;/h1-2,5-6H,(H,7,8)(H,9,10);;;;. The summed E-state index contributed by atoms with van der Waals surface area (Å²) in [4.78, 5) is 19.5. The van der Waals surface area contributed by atoms with Crippen LogP contribution >= 0.6 is 0 Å². The molecule has 64 valence electrons. The van der Waals surface area contributed by atoms with Crippen LogP contribution in [-0.2, 0) is 9.59 Å². The summed E-state index contributed by atoms with van der Waals surface area (Å²) in [5.41, 5.74) is 0. The van der Waals surface area contributed by atoms with Crippen molar-refractivity contribution in [3.63, 3.8) is 0 Å². The minimum Gasteiger partial charge on any atom is -0.479 e. The van der Waals surface area contributed by atoms with Crippen molar-refractivity contribution in [2.45, 2.75) is 12.2 Å². The van der Waals surface area contributed by atoms with Crippen molar-refractivity contribution >= 4 is 29.3 Å². The maximum Gasteiger partial charge on any atom is 0.335 e. The van der Waals surface area contributed by atoms with Gasteiger partial charge in [0.1, 0.15) is 0 Å². The lowest BCUT2D eigenvalue weighted by Crippen LogP contribution is -2.39. The molecule has 6 nitrogen and oxygen atoms in total. The number of carbonyl (C=O) groups is 2. The fourth-order valence-electron chi connectivity index (χ4n) is 0.270. The van der Waals surface area contributed by atoms with Crippen LogP contribution in [0.25, 0.3) is 0 Å². The Bertz CT molecular complexity index is 139. The average Bonchev–Trinajstić information content (AvgIpc) is 1.84. The molecule has 0 aromatic rings. The van der Waals surface area contributed by atoms with Gasteiger partial charge in [0.15, 0.2) is 29.6 Å². The van der Waals surface area contributed by atoms with E-state index in [2.05, 4.69) is 0 Å². The van der Waals surface area contributed by atoms with Crippen LogP contribution in [0, 0.1) is 0 Å². The second-order valence-electron chi connectivity index (χ2n) is 1.57. The topological polar surface area (TPSA) is 115 Å². The van der Waals surface area contributed by atoms with Gasteiger partial charge in [-0.05, 0) is 0 Å². The third-order valence-electron chi connectivity index (χ3n) is 0.805. The first-order chi connectivity index (χ1) is 4.46. The van der Waals surface area contributed by atoms with Crippen molar-refractivity contribution in [3.8, 4) is 0 Å². The van der Waals surface area contributed by atoms with Crippen LogP contribution in [0.1, 0.15) is 0 Å². The highest BCUT2D eigenvalue weighted by atomic mass is 27.0. The Hall–Kier alpha value is -0.608. The molecule has 2 atom stereocenters. The van der Waals surface area contributed by atoms with E-state index in [-0.39, 0.29) is 17.4 Å². The fraction of sp³-hybridized carbons (Fsp3) is 0.500. The van der Waals surface area contributed by atoms with Gasteiger partial charge in [-0.3, -0.25) is 0 Å². The molecule has 0 aromatic heterocycles. The Labute approximate surface area is 72.2 Å². The van der Waals surface area contributed by atoms with Crippen LogP contribution in [0.5, 0.6) is 0 Å². The lowest BCUT2D eigenvalue weighted by Gasteiger charge is -2.07. The van der Waals surface area contributed by atoms with Crippen LogP contribution in [0.3, 0.4) is 0 Å². The molecule has 0 amide bonds. The average molecular weight is 180 g/mol. The second-order valence-corrected chi connectivity index (χ2v) is 1.57. The molecular formula is C4H9AlO6. The molecule has 2 unspecified atom stereocenters. The van der Waals surface area contributed by atoms with Crippen molar-refractivity contribution in [1.82, 2.24) is 0 Å². The van der Waals surface area contributed by atoms with Crippen molar-refractivity contribution in [1.29, 1.82) is 0 Å². The zero-order valence-electron chi connectivity index (χ0n) is 4.76. The van der Waals surface area contributed by atoms with E-state index in [1.165, 1.54) is 0 Å². The molecule has 0 saturated heterocycles. The summed E-state index contributed by atoms with van der Waals surface area (Å²) in [5.74, 6) is -3.54. The third kappa shape index (κ3) is 3.95. The first kappa shape index (κ1) is 13.0. The van der Waals surface area contributed by atoms with Crippen LogP contribution in [-0.4, -0.2) is 61.9 Å². The maximum atomic E-state index is 9.77. The molecule has 0 bridgehead atoms. The summed E-state index contributed by atoms with van der Waals surface area (Å²) in [6.07, 6.45) is -4.53. The number of hydrogen-bond acceptors (Lipinski definition) is 4. The summed E-state index contributed by atoms with van der Waals surface area (Å²) in [6.45, 7) is 0. The van der Waals surface area contributed by atoms with Crippen LogP contribution in [0.15, 0.2) is 0 Å². The Morgan fingerprint density at radius 2 is 1.09 bits per heavy atom. The summed E-state index contributed by atoms with van der Waals surface area (Å²) < 4.78 is 0.